The number of amides is 3. The molecule has 0 spiro atoms. The molecule has 0 radical (unpaired) electrons. The van der Waals surface area contributed by atoms with Crippen LogP contribution in [0.3, 0.4) is 0 Å². The molecule has 0 bridgehead atoms. The largest absolute Gasteiger partial charge is 0.435 e. The molecule has 4 aromatic rings. The Morgan fingerprint density at radius 1 is 0.829 bits per heavy atom. The summed E-state index contributed by atoms with van der Waals surface area (Å²) in [6.07, 6.45) is -4.65. The van der Waals surface area contributed by atoms with E-state index in [2.05, 4.69) is 10.4 Å². The van der Waals surface area contributed by atoms with Crippen LogP contribution < -0.4 is 10.6 Å². The van der Waals surface area contributed by atoms with Gasteiger partial charge in [0.05, 0.1) is 11.4 Å². The van der Waals surface area contributed by atoms with Crippen molar-refractivity contribution in [1.29, 1.82) is 0 Å². The van der Waals surface area contributed by atoms with Crippen molar-refractivity contribution < 1.29 is 31.5 Å². The number of benzene rings is 3. The van der Waals surface area contributed by atoms with Gasteiger partial charge >= 0.3 is 12.2 Å². The highest BCUT2D eigenvalue weighted by atomic mass is 19.4. The molecule has 0 saturated heterocycles. The Labute approximate surface area is 195 Å². The van der Waals surface area contributed by atoms with E-state index in [0.717, 1.165) is 28.9 Å². The smallest absolute Gasteiger partial charge is 0.308 e. The average Bonchev–Trinajstić information content (AvgIpc) is 3.26. The molecule has 2 N–H and O–H groups in total. The van der Waals surface area contributed by atoms with Crippen molar-refractivity contribution in [3.8, 4) is 16.9 Å². The SMILES string of the molecule is O=C(NC(=O)c1c(F)cccc1F)Nc1ccc(-c2cc(C(F)(F)F)nn2-c2ccccc2)cc1. The highest BCUT2D eigenvalue weighted by Crippen LogP contribution is 2.33. The topological polar surface area (TPSA) is 76.0 Å². The van der Waals surface area contributed by atoms with E-state index in [1.54, 1.807) is 30.3 Å². The third kappa shape index (κ3) is 5.18. The summed E-state index contributed by atoms with van der Waals surface area (Å²) in [5, 5.41) is 7.82. The number of aromatic nitrogens is 2. The van der Waals surface area contributed by atoms with E-state index in [1.165, 1.54) is 24.3 Å². The maximum absolute atomic E-state index is 13.7. The fourth-order valence-corrected chi connectivity index (χ4v) is 3.26. The summed E-state index contributed by atoms with van der Waals surface area (Å²) in [7, 11) is 0. The number of hydrogen-bond donors (Lipinski definition) is 2. The highest BCUT2D eigenvalue weighted by Gasteiger charge is 2.35. The van der Waals surface area contributed by atoms with Gasteiger partial charge in [0.15, 0.2) is 5.69 Å². The summed E-state index contributed by atoms with van der Waals surface area (Å²) in [6, 6.07) is 16.6. The predicted molar refractivity (Wildman–Crippen MR) is 117 cm³/mol. The van der Waals surface area contributed by atoms with E-state index in [9.17, 15) is 31.5 Å². The van der Waals surface area contributed by atoms with Crippen LogP contribution in [0, 0.1) is 11.6 Å². The van der Waals surface area contributed by atoms with E-state index in [4.69, 9.17) is 0 Å². The van der Waals surface area contributed by atoms with Crippen molar-refractivity contribution in [3.05, 3.63) is 102 Å². The minimum Gasteiger partial charge on any atom is -0.308 e. The van der Waals surface area contributed by atoms with Gasteiger partial charge in [0.1, 0.15) is 17.2 Å². The number of hydrogen-bond acceptors (Lipinski definition) is 3. The highest BCUT2D eigenvalue weighted by molar-refractivity contribution is 6.08. The van der Waals surface area contributed by atoms with Crippen LogP contribution in [0.25, 0.3) is 16.9 Å². The van der Waals surface area contributed by atoms with Gasteiger partial charge in [-0.2, -0.15) is 18.3 Å². The second-order valence-electron chi connectivity index (χ2n) is 7.24. The van der Waals surface area contributed by atoms with E-state index >= 15 is 0 Å². The van der Waals surface area contributed by atoms with Gasteiger partial charge in [-0.3, -0.25) is 10.1 Å². The molecule has 3 amide bonds. The number of carbonyl (C=O) groups is 2. The third-order valence-electron chi connectivity index (χ3n) is 4.86. The molecule has 0 saturated carbocycles. The van der Waals surface area contributed by atoms with Crippen molar-refractivity contribution in [1.82, 2.24) is 15.1 Å². The average molecular weight is 486 g/mol. The third-order valence-corrected chi connectivity index (χ3v) is 4.86. The van der Waals surface area contributed by atoms with Crippen LogP contribution in [0.4, 0.5) is 32.4 Å². The molecular weight excluding hydrogens is 471 g/mol. The molecular formula is C24H15F5N4O2. The summed E-state index contributed by atoms with van der Waals surface area (Å²) < 4.78 is 68.4. The van der Waals surface area contributed by atoms with Gasteiger partial charge in [0.2, 0.25) is 0 Å². The van der Waals surface area contributed by atoms with Crippen LogP contribution in [0.1, 0.15) is 16.1 Å². The molecule has 0 aliphatic heterocycles. The number of nitrogens with one attached hydrogen (secondary N) is 2. The quantitative estimate of drug-likeness (QED) is 0.358. The van der Waals surface area contributed by atoms with Crippen molar-refractivity contribution in [2.45, 2.75) is 6.18 Å². The maximum Gasteiger partial charge on any atom is 0.435 e. The molecule has 0 unspecified atom stereocenters. The Bertz CT molecular complexity index is 1360. The number of para-hydroxylation sites is 1. The van der Waals surface area contributed by atoms with Gasteiger partial charge in [-0.25, -0.2) is 18.3 Å². The van der Waals surface area contributed by atoms with Crippen LogP contribution >= 0.6 is 0 Å². The second-order valence-corrected chi connectivity index (χ2v) is 7.24. The summed E-state index contributed by atoms with van der Waals surface area (Å²) in [5.74, 6) is -3.54. The molecule has 0 fully saturated rings. The minimum absolute atomic E-state index is 0.157. The first kappa shape index (κ1) is 23.6. The number of alkyl halides is 3. The van der Waals surface area contributed by atoms with Crippen LogP contribution in [0.5, 0.6) is 0 Å². The maximum atomic E-state index is 13.7. The molecule has 0 aliphatic rings. The number of carbonyl (C=O) groups excluding carboxylic acids is 2. The second kappa shape index (κ2) is 9.37. The Morgan fingerprint density at radius 2 is 1.46 bits per heavy atom. The summed E-state index contributed by atoms with van der Waals surface area (Å²) in [5.41, 5.74) is -0.866. The van der Waals surface area contributed by atoms with Gasteiger partial charge < -0.3 is 5.32 Å². The molecule has 11 heteroatoms. The molecule has 178 valence electrons. The lowest BCUT2D eigenvalue weighted by Gasteiger charge is -2.10. The first-order valence-electron chi connectivity index (χ1n) is 10.0. The lowest BCUT2D eigenvalue weighted by molar-refractivity contribution is -0.141. The normalized spacial score (nSPS) is 11.2. The van der Waals surface area contributed by atoms with E-state index < -0.39 is 41.0 Å². The molecule has 1 heterocycles. The van der Waals surface area contributed by atoms with Crippen LogP contribution in [-0.2, 0) is 6.18 Å². The number of imide groups is 1. The van der Waals surface area contributed by atoms with Gasteiger partial charge in [-0.05, 0) is 42.5 Å². The fraction of sp³-hybridized carbons (Fsp3) is 0.0417. The lowest BCUT2D eigenvalue weighted by atomic mass is 10.1. The molecule has 1 aromatic heterocycles. The van der Waals surface area contributed by atoms with E-state index in [1.807, 2.05) is 5.32 Å². The van der Waals surface area contributed by atoms with Gasteiger partial charge in [0.25, 0.3) is 5.91 Å². The molecule has 4 rings (SSSR count). The molecule has 35 heavy (non-hydrogen) atoms. The van der Waals surface area contributed by atoms with E-state index in [0.29, 0.717) is 11.3 Å². The predicted octanol–water partition coefficient (Wildman–Crippen LogP) is 5.80. The summed E-state index contributed by atoms with van der Waals surface area (Å²) in [4.78, 5) is 24.1. The van der Waals surface area contributed by atoms with Crippen molar-refractivity contribution in [3.63, 3.8) is 0 Å². The standard InChI is InChI=1S/C24H15F5N4O2/c25-17-7-4-8-18(26)21(17)22(34)31-23(35)30-15-11-9-14(10-12-15)19-13-20(24(27,28)29)32-33(19)16-5-2-1-3-6-16/h1-13H,(H2,30,31,34,35). The van der Waals surface area contributed by atoms with Crippen LogP contribution in [0.2, 0.25) is 0 Å². The van der Waals surface area contributed by atoms with Gasteiger partial charge in [-0.1, -0.05) is 36.4 Å². The molecule has 0 atom stereocenters. The van der Waals surface area contributed by atoms with Crippen molar-refractivity contribution >= 4 is 17.6 Å². The van der Waals surface area contributed by atoms with Gasteiger partial charge in [-0.15, -0.1) is 0 Å². The number of halogens is 5. The summed E-state index contributed by atoms with van der Waals surface area (Å²) in [6.45, 7) is 0. The first-order chi connectivity index (χ1) is 16.6. The molecule has 0 aliphatic carbocycles. The minimum atomic E-state index is -4.65. The van der Waals surface area contributed by atoms with Crippen molar-refractivity contribution in [2.75, 3.05) is 5.32 Å². The first-order valence-corrected chi connectivity index (χ1v) is 10.0. The number of nitrogens with zero attached hydrogens (tertiary/aromatic N) is 2. The number of urea groups is 1. The Hall–Kier alpha value is -4.54. The number of anilines is 1. The monoisotopic (exact) mass is 486 g/mol. The zero-order chi connectivity index (χ0) is 25.2. The fourth-order valence-electron chi connectivity index (χ4n) is 3.26. The zero-order valence-corrected chi connectivity index (χ0v) is 17.6. The lowest BCUT2D eigenvalue weighted by Crippen LogP contribution is -2.35. The molecule has 6 nitrogen and oxygen atoms in total. The zero-order valence-electron chi connectivity index (χ0n) is 17.6. The van der Waals surface area contributed by atoms with Crippen LogP contribution in [-0.4, -0.2) is 21.7 Å². The Balaban J connectivity index is 1.54. The van der Waals surface area contributed by atoms with Gasteiger partial charge in [0, 0.05) is 11.3 Å². The van der Waals surface area contributed by atoms with Crippen LogP contribution in [0.15, 0.2) is 78.9 Å². The van der Waals surface area contributed by atoms with E-state index in [-0.39, 0.29) is 11.4 Å². The molecule has 3 aromatic carbocycles. The Morgan fingerprint density at radius 3 is 2.06 bits per heavy atom. The Kier molecular flexibility index (Phi) is 6.32. The number of rotatable bonds is 4. The van der Waals surface area contributed by atoms with Crippen molar-refractivity contribution in [2.24, 2.45) is 0 Å². The summed E-state index contributed by atoms with van der Waals surface area (Å²) >= 11 is 0.